The van der Waals surface area contributed by atoms with Gasteiger partial charge in [0.15, 0.2) is 5.78 Å². The van der Waals surface area contributed by atoms with E-state index in [4.69, 9.17) is 16.6 Å². The van der Waals surface area contributed by atoms with Crippen molar-refractivity contribution < 1.29 is 9.59 Å². The summed E-state index contributed by atoms with van der Waals surface area (Å²) in [4.78, 5) is 35.5. The molecule has 2 aliphatic rings. The van der Waals surface area contributed by atoms with Gasteiger partial charge < -0.3 is 5.32 Å². The van der Waals surface area contributed by atoms with Crippen molar-refractivity contribution in [3.8, 4) is 0 Å². The third-order valence-corrected chi connectivity index (χ3v) is 5.98. The maximum atomic E-state index is 13.4. The van der Waals surface area contributed by atoms with Gasteiger partial charge in [0.05, 0.1) is 5.92 Å². The lowest BCUT2D eigenvalue weighted by Gasteiger charge is -2.36. The molecule has 0 fully saturated rings. The van der Waals surface area contributed by atoms with Gasteiger partial charge in [-0.15, -0.1) is 0 Å². The first-order valence-corrected chi connectivity index (χ1v) is 10.5. The molecule has 2 heterocycles. The highest BCUT2D eigenvalue weighted by Gasteiger charge is 2.43. The number of pyridine rings is 1. The number of aryl methyl sites for hydroxylation is 1. The number of allylic oxidation sites excluding steroid dienone is 2. The fourth-order valence-corrected chi connectivity index (χ4v) is 4.59. The number of amides is 1. The molecule has 1 aliphatic heterocycles. The summed E-state index contributed by atoms with van der Waals surface area (Å²) >= 11 is 6.27. The quantitative estimate of drug-likeness (QED) is 0.748. The Morgan fingerprint density at radius 3 is 2.67 bits per heavy atom. The first-order valence-electron chi connectivity index (χ1n) is 10.1. The first-order chi connectivity index (χ1) is 14.3. The van der Waals surface area contributed by atoms with Gasteiger partial charge in [0.1, 0.15) is 5.82 Å². The minimum absolute atomic E-state index is 0.0660. The molecule has 1 aliphatic carbocycles. The van der Waals surface area contributed by atoms with Crippen LogP contribution in [0.4, 0.5) is 5.82 Å². The molecular formula is C24H24ClN3O2. The molecule has 0 saturated carbocycles. The van der Waals surface area contributed by atoms with Gasteiger partial charge in [-0.1, -0.05) is 36.7 Å². The molecule has 5 nitrogen and oxygen atoms in total. The van der Waals surface area contributed by atoms with Crippen LogP contribution in [0, 0.1) is 18.8 Å². The van der Waals surface area contributed by atoms with E-state index < -0.39 is 11.8 Å². The SMILES string of the molecule is CC1=NC2=C(C(=O)C[C@@H](C)C2)[C@@H](c2cccc(Cl)c2)C1C(=O)Nc1ccc(C)cn1. The van der Waals surface area contributed by atoms with Crippen molar-refractivity contribution in [2.24, 2.45) is 16.8 Å². The third kappa shape index (κ3) is 3.94. The number of hydrogen-bond acceptors (Lipinski definition) is 4. The molecule has 154 valence electrons. The molecule has 0 radical (unpaired) electrons. The molecule has 2 aromatic rings. The summed E-state index contributed by atoms with van der Waals surface area (Å²) in [6, 6.07) is 11.1. The summed E-state index contributed by atoms with van der Waals surface area (Å²) in [6.45, 7) is 5.86. The largest absolute Gasteiger partial charge is 0.310 e. The van der Waals surface area contributed by atoms with Crippen LogP contribution < -0.4 is 5.32 Å². The Labute approximate surface area is 181 Å². The number of carbonyl (C=O) groups is 2. The highest BCUT2D eigenvalue weighted by Crippen LogP contribution is 2.45. The van der Waals surface area contributed by atoms with Crippen LogP contribution in [0.5, 0.6) is 0 Å². The lowest BCUT2D eigenvalue weighted by Crippen LogP contribution is -2.39. The van der Waals surface area contributed by atoms with Crippen LogP contribution >= 0.6 is 11.6 Å². The van der Waals surface area contributed by atoms with Crippen LogP contribution in [-0.2, 0) is 9.59 Å². The Hall–Kier alpha value is -2.79. The minimum Gasteiger partial charge on any atom is -0.310 e. The molecule has 0 bridgehead atoms. The van der Waals surface area contributed by atoms with E-state index in [0.29, 0.717) is 28.5 Å². The predicted molar refractivity (Wildman–Crippen MR) is 119 cm³/mol. The van der Waals surface area contributed by atoms with Gasteiger partial charge in [-0.2, -0.15) is 0 Å². The summed E-state index contributed by atoms with van der Waals surface area (Å²) in [6.07, 6.45) is 2.92. The van der Waals surface area contributed by atoms with Gasteiger partial charge in [0.25, 0.3) is 0 Å². The monoisotopic (exact) mass is 421 g/mol. The Balaban J connectivity index is 1.78. The Bertz CT molecular complexity index is 1070. The number of anilines is 1. The van der Waals surface area contributed by atoms with Gasteiger partial charge in [0, 0.05) is 40.5 Å². The van der Waals surface area contributed by atoms with E-state index in [9.17, 15) is 9.59 Å². The van der Waals surface area contributed by atoms with Crippen LogP contribution in [0.2, 0.25) is 5.02 Å². The van der Waals surface area contributed by atoms with E-state index in [1.54, 1.807) is 18.3 Å². The van der Waals surface area contributed by atoms with Crippen molar-refractivity contribution in [2.45, 2.75) is 39.5 Å². The van der Waals surface area contributed by atoms with E-state index >= 15 is 0 Å². The van der Waals surface area contributed by atoms with Gasteiger partial charge in [-0.25, -0.2) is 4.98 Å². The maximum Gasteiger partial charge on any atom is 0.235 e. The van der Waals surface area contributed by atoms with Crippen LogP contribution in [0.25, 0.3) is 0 Å². The predicted octanol–water partition coefficient (Wildman–Crippen LogP) is 5.11. The topological polar surface area (TPSA) is 71.4 Å². The number of nitrogens with zero attached hydrogens (tertiary/aromatic N) is 2. The number of nitrogens with one attached hydrogen (secondary N) is 1. The Kier molecular flexibility index (Phi) is 5.56. The molecule has 1 amide bonds. The van der Waals surface area contributed by atoms with Crippen molar-refractivity contribution in [3.63, 3.8) is 0 Å². The van der Waals surface area contributed by atoms with E-state index in [1.165, 1.54) is 0 Å². The zero-order valence-corrected chi connectivity index (χ0v) is 18.0. The van der Waals surface area contributed by atoms with E-state index in [2.05, 4.69) is 17.2 Å². The first kappa shape index (κ1) is 20.5. The third-order valence-electron chi connectivity index (χ3n) is 5.75. The van der Waals surface area contributed by atoms with Gasteiger partial charge in [-0.3, -0.25) is 14.6 Å². The molecular weight excluding hydrogens is 398 g/mol. The molecule has 0 saturated heterocycles. The number of halogens is 1. The molecule has 1 N–H and O–H groups in total. The number of benzene rings is 1. The zero-order chi connectivity index (χ0) is 21.4. The van der Waals surface area contributed by atoms with Crippen molar-refractivity contribution in [3.05, 3.63) is 70.0 Å². The van der Waals surface area contributed by atoms with E-state index in [1.807, 2.05) is 38.1 Å². The summed E-state index contributed by atoms with van der Waals surface area (Å²) in [5, 5.41) is 3.48. The summed E-state index contributed by atoms with van der Waals surface area (Å²) in [5.41, 5.74) is 4.02. The highest BCUT2D eigenvalue weighted by atomic mass is 35.5. The fraction of sp³-hybridized carbons (Fsp3) is 0.333. The standard InChI is InChI=1S/C24H24ClN3O2/c1-13-7-8-20(26-12-13)28-24(30)21-15(3)27-18-9-14(2)10-19(29)23(18)22(21)16-5-4-6-17(25)11-16/h4-8,11-12,14,21-22H,9-10H2,1-3H3,(H,26,28,30)/t14-,21?,22-/m0/s1. The van der Waals surface area contributed by atoms with Gasteiger partial charge in [0.2, 0.25) is 5.91 Å². The normalized spacial score (nSPS) is 23.7. The molecule has 4 rings (SSSR count). The second kappa shape index (κ2) is 8.15. The number of rotatable bonds is 3. The summed E-state index contributed by atoms with van der Waals surface area (Å²) in [5.74, 6) is -0.460. The lowest BCUT2D eigenvalue weighted by molar-refractivity contribution is -0.119. The van der Waals surface area contributed by atoms with Crippen LogP contribution in [0.3, 0.4) is 0 Å². The Morgan fingerprint density at radius 1 is 1.17 bits per heavy atom. The number of Topliss-reactive ketones (excluding diaryl/α,β-unsaturated/α-hetero) is 1. The number of ketones is 1. The van der Waals surface area contributed by atoms with Crippen molar-refractivity contribution in [2.75, 3.05) is 5.32 Å². The summed E-state index contributed by atoms with van der Waals surface area (Å²) < 4.78 is 0. The Morgan fingerprint density at radius 2 is 1.97 bits per heavy atom. The van der Waals surface area contributed by atoms with Crippen molar-refractivity contribution in [1.29, 1.82) is 0 Å². The average molecular weight is 422 g/mol. The molecule has 1 aromatic heterocycles. The second-order valence-electron chi connectivity index (χ2n) is 8.27. The molecule has 30 heavy (non-hydrogen) atoms. The van der Waals surface area contributed by atoms with E-state index in [0.717, 1.165) is 23.2 Å². The van der Waals surface area contributed by atoms with Crippen molar-refractivity contribution in [1.82, 2.24) is 4.98 Å². The lowest BCUT2D eigenvalue weighted by atomic mass is 9.70. The second-order valence-corrected chi connectivity index (χ2v) is 8.71. The maximum absolute atomic E-state index is 13.4. The average Bonchev–Trinajstić information content (AvgIpc) is 2.68. The fourth-order valence-electron chi connectivity index (χ4n) is 4.39. The zero-order valence-electron chi connectivity index (χ0n) is 17.3. The molecule has 0 spiro atoms. The number of hydrogen-bond donors (Lipinski definition) is 1. The van der Waals surface area contributed by atoms with Crippen LogP contribution in [-0.4, -0.2) is 22.4 Å². The number of aromatic nitrogens is 1. The minimum atomic E-state index is -0.609. The number of aliphatic imine (C=N–C) groups is 1. The molecule has 3 atom stereocenters. The van der Waals surface area contributed by atoms with Gasteiger partial charge >= 0.3 is 0 Å². The highest BCUT2D eigenvalue weighted by molar-refractivity contribution is 6.30. The molecule has 1 unspecified atom stereocenters. The van der Waals surface area contributed by atoms with Crippen LogP contribution in [0.15, 0.2) is 58.9 Å². The molecule has 1 aromatic carbocycles. The van der Waals surface area contributed by atoms with Gasteiger partial charge in [-0.05, 0) is 55.5 Å². The smallest absolute Gasteiger partial charge is 0.235 e. The van der Waals surface area contributed by atoms with Crippen molar-refractivity contribution >= 4 is 34.8 Å². The summed E-state index contributed by atoms with van der Waals surface area (Å²) in [7, 11) is 0. The number of carbonyl (C=O) groups excluding carboxylic acids is 2. The molecule has 6 heteroatoms. The van der Waals surface area contributed by atoms with E-state index in [-0.39, 0.29) is 17.6 Å². The van der Waals surface area contributed by atoms with Crippen LogP contribution in [0.1, 0.15) is 43.7 Å².